The van der Waals surface area contributed by atoms with E-state index in [4.69, 9.17) is 0 Å². The Morgan fingerprint density at radius 2 is 0.891 bits per heavy atom. The standard InChI is InChI=1S/C43H25NS2/c44-26-30-11-8-14-34(43(30)27-9-2-1-3-10-27)33-22-31(28-17-19-41-37(24-28)35-12-4-6-15-39(35)45-41)21-32(23-33)29-18-20-42-38(25-29)36-13-5-7-16-40(36)46-42/h1-25H. The average Bonchev–Trinajstić information content (AvgIpc) is 3.69. The summed E-state index contributed by atoms with van der Waals surface area (Å²) >= 11 is 3.68. The van der Waals surface area contributed by atoms with Crippen LogP contribution in [0.25, 0.3) is 84.9 Å². The van der Waals surface area contributed by atoms with E-state index in [1.807, 2.05) is 53.0 Å². The predicted molar refractivity (Wildman–Crippen MR) is 199 cm³/mol. The molecule has 2 aromatic heterocycles. The molecular weight excluding hydrogens is 595 g/mol. The summed E-state index contributed by atoms with van der Waals surface area (Å²) in [6.45, 7) is 0. The predicted octanol–water partition coefficient (Wildman–Crippen LogP) is 13.0. The molecule has 0 amide bonds. The number of benzene rings is 7. The first-order valence-electron chi connectivity index (χ1n) is 15.3. The van der Waals surface area contributed by atoms with Crippen LogP contribution < -0.4 is 0 Å². The highest BCUT2D eigenvalue weighted by atomic mass is 32.1. The maximum absolute atomic E-state index is 10.2. The van der Waals surface area contributed by atoms with Gasteiger partial charge >= 0.3 is 0 Å². The SMILES string of the molecule is N#Cc1cccc(-c2cc(-c3ccc4sc5ccccc5c4c3)cc(-c3ccc4sc5ccccc5c4c3)c2)c1-c1ccccc1. The molecule has 1 nitrogen and oxygen atoms in total. The van der Waals surface area contributed by atoms with Crippen LogP contribution in [0.2, 0.25) is 0 Å². The molecule has 0 atom stereocenters. The van der Waals surface area contributed by atoms with Crippen molar-refractivity contribution in [3.63, 3.8) is 0 Å². The third-order valence-corrected chi connectivity index (χ3v) is 11.2. The third-order valence-electron chi connectivity index (χ3n) is 8.91. The van der Waals surface area contributed by atoms with Crippen molar-refractivity contribution < 1.29 is 0 Å². The first kappa shape index (κ1) is 26.8. The second-order valence-corrected chi connectivity index (χ2v) is 13.8. The Balaban J connectivity index is 1.31. The van der Waals surface area contributed by atoms with Gasteiger partial charge in [0.25, 0.3) is 0 Å². The van der Waals surface area contributed by atoms with E-state index >= 15 is 0 Å². The molecule has 0 saturated heterocycles. The van der Waals surface area contributed by atoms with Crippen LogP contribution in [0.5, 0.6) is 0 Å². The summed E-state index contributed by atoms with van der Waals surface area (Å²) in [6, 6.07) is 56.8. The van der Waals surface area contributed by atoms with E-state index < -0.39 is 0 Å². The van der Waals surface area contributed by atoms with E-state index in [9.17, 15) is 5.26 Å². The van der Waals surface area contributed by atoms with Gasteiger partial charge in [-0.2, -0.15) is 5.26 Å². The molecule has 0 fully saturated rings. The van der Waals surface area contributed by atoms with Gasteiger partial charge in [0, 0.05) is 45.9 Å². The average molecular weight is 620 g/mol. The number of rotatable bonds is 4. The Morgan fingerprint density at radius 1 is 0.370 bits per heavy atom. The lowest BCUT2D eigenvalue weighted by molar-refractivity contribution is 1.47. The van der Waals surface area contributed by atoms with Crippen molar-refractivity contribution in [1.82, 2.24) is 0 Å². The molecule has 2 heterocycles. The minimum absolute atomic E-state index is 0.674. The van der Waals surface area contributed by atoms with E-state index in [1.165, 1.54) is 51.5 Å². The Kier molecular flexibility index (Phi) is 6.31. The van der Waals surface area contributed by atoms with Crippen molar-refractivity contribution in [3.8, 4) is 50.6 Å². The van der Waals surface area contributed by atoms with E-state index in [0.717, 1.165) is 33.4 Å². The highest BCUT2D eigenvalue weighted by Gasteiger charge is 2.16. The van der Waals surface area contributed by atoms with Gasteiger partial charge in [-0.1, -0.05) is 91.0 Å². The number of nitriles is 1. The van der Waals surface area contributed by atoms with Crippen molar-refractivity contribution in [2.45, 2.75) is 0 Å². The molecule has 7 aromatic carbocycles. The van der Waals surface area contributed by atoms with Gasteiger partial charge in [-0.25, -0.2) is 0 Å². The Hall–Kier alpha value is -5.53. The molecule has 3 heteroatoms. The minimum Gasteiger partial charge on any atom is -0.192 e. The normalized spacial score (nSPS) is 11.5. The number of nitrogens with zero attached hydrogens (tertiary/aromatic N) is 1. The third kappa shape index (κ3) is 4.43. The molecule has 0 saturated carbocycles. The molecule has 0 spiro atoms. The van der Waals surface area contributed by atoms with Gasteiger partial charge in [0.2, 0.25) is 0 Å². The minimum atomic E-state index is 0.674. The number of thiophene rings is 2. The van der Waals surface area contributed by atoms with Gasteiger partial charge in [-0.3, -0.25) is 0 Å². The van der Waals surface area contributed by atoms with E-state index in [1.54, 1.807) is 0 Å². The molecule has 0 radical (unpaired) electrons. The largest absolute Gasteiger partial charge is 0.192 e. The van der Waals surface area contributed by atoms with Gasteiger partial charge in [0.1, 0.15) is 0 Å². The summed E-state index contributed by atoms with van der Waals surface area (Å²) in [5.41, 5.74) is 9.49. The molecule has 0 N–H and O–H groups in total. The number of hydrogen-bond acceptors (Lipinski definition) is 3. The highest BCUT2D eigenvalue weighted by molar-refractivity contribution is 7.26. The molecular formula is C43H25NS2. The Bertz CT molecular complexity index is 2520. The van der Waals surface area contributed by atoms with Crippen LogP contribution in [0.1, 0.15) is 5.56 Å². The molecule has 0 bridgehead atoms. The van der Waals surface area contributed by atoms with Crippen LogP contribution in [0.15, 0.2) is 152 Å². The summed E-state index contributed by atoms with van der Waals surface area (Å²) in [6.07, 6.45) is 0. The lowest BCUT2D eigenvalue weighted by Crippen LogP contribution is -1.92. The molecule has 0 aliphatic rings. The zero-order valence-corrected chi connectivity index (χ0v) is 26.3. The van der Waals surface area contributed by atoms with Gasteiger partial charge in [0.05, 0.1) is 11.6 Å². The van der Waals surface area contributed by atoms with Gasteiger partial charge < -0.3 is 0 Å². The zero-order chi connectivity index (χ0) is 30.6. The van der Waals surface area contributed by atoms with Crippen LogP contribution in [0, 0.1) is 11.3 Å². The van der Waals surface area contributed by atoms with E-state index in [-0.39, 0.29) is 0 Å². The van der Waals surface area contributed by atoms with Crippen LogP contribution in [-0.2, 0) is 0 Å². The van der Waals surface area contributed by atoms with Crippen molar-refractivity contribution in [2.75, 3.05) is 0 Å². The summed E-state index contributed by atoms with van der Waals surface area (Å²) in [7, 11) is 0. The summed E-state index contributed by atoms with van der Waals surface area (Å²) in [5.74, 6) is 0. The first-order chi connectivity index (χ1) is 22.7. The zero-order valence-electron chi connectivity index (χ0n) is 24.7. The van der Waals surface area contributed by atoms with Gasteiger partial charge in [-0.05, 0) is 99.6 Å². The second-order valence-electron chi connectivity index (χ2n) is 11.6. The number of fused-ring (bicyclic) bond motifs is 6. The van der Waals surface area contributed by atoms with Crippen molar-refractivity contribution in [2.24, 2.45) is 0 Å². The van der Waals surface area contributed by atoms with Crippen LogP contribution in [-0.4, -0.2) is 0 Å². The maximum atomic E-state index is 10.2. The monoisotopic (exact) mass is 619 g/mol. The lowest BCUT2D eigenvalue weighted by atomic mass is 9.87. The van der Waals surface area contributed by atoms with E-state index in [2.05, 4.69) is 127 Å². The lowest BCUT2D eigenvalue weighted by Gasteiger charge is -2.16. The smallest absolute Gasteiger partial charge is 0.0998 e. The molecule has 214 valence electrons. The van der Waals surface area contributed by atoms with Gasteiger partial charge in [0.15, 0.2) is 0 Å². The molecule has 0 aliphatic heterocycles. The fraction of sp³-hybridized carbons (Fsp3) is 0. The fourth-order valence-corrected chi connectivity index (χ4v) is 8.90. The molecule has 0 aliphatic carbocycles. The topological polar surface area (TPSA) is 23.8 Å². The quantitative estimate of drug-likeness (QED) is 0.192. The van der Waals surface area contributed by atoms with Crippen molar-refractivity contribution >= 4 is 63.0 Å². The summed E-state index contributed by atoms with van der Waals surface area (Å²) in [4.78, 5) is 0. The first-order valence-corrected chi connectivity index (χ1v) is 16.9. The molecule has 9 rings (SSSR count). The van der Waals surface area contributed by atoms with Crippen LogP contribution in [0.4, 0.5) is 0 Å². The second kappa shape index (κ2) is 10.8. The number of hydrogen-bond donors (Lipinski definition) is 0. The Labute approximate surface area is 274 Å². The van der Waals surface area contributed by atoms with E-state index in [0.29, 0.717) is 5.56 Å². The van der Waals surface area contributed by atoms with Crippen molar-refractivity contribution in [3.05, 3.63) is 157 Å². The molecule has 9 aromatic rings. The van der Waals surface area contributed by atoms with Gasteiger partial charge in [-0.15, -0.1) is 22.7 Å². The molecule has 46 heavy (non-hydrogen) atoms. The maximum Gasteiger partial charge on any atom is 0.0998 e. The summed E-state index contributed by atoms with van der Waals surface area (Å²) < 4.78 is 5.20. The highest BCUT2D eigenvalue weighted by Crippen LogP contribution is 2.42. The Morgan fingerprint density at radius 3 is 1.48 bits per heavy atom. The van der Waals surface area contributed by atoms with Crippen LogP contribution in [0.3, 0.4) is 0 Å². The van der Waals surface area contributed by atoms with Crippen molar-refractivity contribution in [1.29, 1.82) is 5.26 Å². The summed E-state index contributed by atoms with van der Waals surface area (Å²) in [5, 5.41) is 15.4. The molecule has 0 unspecified atom stereocenters. The van der Waals surface area contributed by atoms with Crippen LogP contribution >= 0.6 is 22.7 Å². The fourth-order valence-electron chi connectivity index (χ4n) is 6.73.